The molecule has 2 N–H and O–H groups in total. The van der Waals surface area contributed by atoms with Crippen molar-refractivity contribution in [2.45, 2.75) is 69.8 Å². The van der Waals surface area contributed by atoms with E-state index >= 15 is 0 Å². The summed E-state index contributed by atoms with van der Waals surface area (Å²) in [5.41, 5.74) is 1.41. The molecule has 3 amide bonds. The fraction of sp³-hybridized carbons (Fsp3) is 0.636. The standard InChI is InChI=1S/C22H30ClN5O6/c1-12(25-20(29)27-22(30)31-3)11-32-13-4-6-15(7-5-13)34-21-26-16-10-24-19(33-14-8-9-14)17(23)18(16)28(21)2/h10,12-15H,4-9,11H2,1-3H3,(H2,25,27,29,30)/t12-,13?,15?/m0/s1. The highest BCUT2D eigenvalue weighted by Gasteiger charge is 2.28. The van der Waals surface area contributed by atoms with Crippen molar-refractivity contribution in [3.63, 3.8) is 0 Å². The number of carbonyl (C=O) groups is 2. The van der Waals surface area contributed by atoms with Gasteiger partial charge in [0, 0.05) is 7.05 Å². The van der Waals surface area contributed by atoms with Crippen LogP contribution >= 0.6 is 11.6 Å². The summed E-state index contributed by atoms with van der Waals surface area (Å²) in [4.78, 5) is 31.6. The molecule has 0 aromatic carbocycles. The van der Waals surface area contributed by atoms with E-state index in [9.17, 15) is 9.59 Å². The third-order valence-electron chi connectivity index (χ3n) is 5.84. The van der Waals surface area contributed by atoms with E-state index in [1.807, 2.05) is 16.9 Å². The summed E-state index contributed by atoms with van der Waals surface area (Å²) in [6.07, 6.45) is 6.52. The minimum Gasteiger partial charge on any atom is -0.473 e. The molecule has 0 radical (unpaired) electrons. The van der Waals surface area contributed by atoms with Crippen LogP contribution in [0.1, 0.15) is 45.4 Å². The van der Waals surface area contributed by atoms with Crippen molar-refractivity contribution in [2.24, 2.45) is 7.05 Å². The van der Waals surface area contributed by atoms with Crippen molar-refractivity contribution in [1.82, 2.24) is 25.2 Å². The fourth-order valence-corrected chi connectivity index (χ4v) is 4.17. The van der Waals surface area contributed by atoms with Crippen molar-refractivity contribution < 1.29 is 28.5 Å². The van der Waals surface area contributed by atoms with Crippen LogP contribution in [0.25, 0.3) is 11.0 Å². The van der Waals surface area contributed by atoms with Crippen molar-refractivity contribution in [3.8, 4) is 11.9 Å². The molecule has 2 aromatic rings. The van der Waals surface area contributed by atoms with E-state index in [1.165, 1.54) is 7.11 Å². The van der Waals surface area contributed by atoms with Crippen molar-refractivity contribution in [2.75, 3.05) is 13.7 Å². The number of fused-ring (bicyclic) bond motifs is 1. The van der Waals surface area contributed by atoms with Gasteiger partial charge in [0.15, 0.2) is 0 Å². The Bertz CT molecular complexity index is 1030. The quantitative estimate of drug-likeness (QED) is 0.571. The van der Waals surface area contributed by atoms with E-state index in [1.54, 1.807) is 13.1 Å². The van der Waals surface area contributed by atoms with Crippen LogP contribution in [-0.2, 0) is 16.5 Å². The Morgan fingerprint density at radius 2 is 1.79 bits per heavy atom. The molecule has 186 valence electrons. The second kappa shape index (κ2) is 10.6. The number of amides is 3. The lowest BCUT2D eigenvalue weighted by Gasteiger charge is -2.29. The molecule has 12 heteroatoms. The van der Waals surface area contributed by atoms with Gasteiger partial charge in [0.05, 0.1) is 37.6 Å². The largest absolute Gasteiger partial charge is 0.473 e. The zero-order valence-corrected chi connectivity index (χ0v) is 20.3. The Hall–Kier alpha value is -2.79. The van der Waals surface area contributed by atoms with Gasteiger partial charge in [-0.2, -0.15) is 4.98 Å². The SMILES string of the molecule is COC(=O)NC(=O)N[C@@H](C)COC1CCC(Oc2nc3cnc(OC4CC4)c(Cl)c3n2C)CC1. The number of carbonyl (C=O) groups excluding carboxylic acids is 2. The average molecular weight is 496 g/mol. The zero-order chi connectivity index (χ0) is 24.2. The van der Waals surface area contributed by atoms with Crippen molar-refractivity contribution >= 4 is 34.8 Å². The number of rotatable bonds is 8. The maximum Gasteiger partial charge on any atom is 0.415 e. The molecule has 0 saturated heterocycles. The molecule has 2 aliphatic rings. The first kappa shape index (κ1) is 24.3. The van der Waals surface area contributed by atoms with Crippen LogP contribution in [-0.4, -0.2) is 64.7 Å². The molecule has 2 aliphatic carbocycles. The summed E-state index contributed by atoms with van der Waals surface area (Å²) >= 11 is 6.54. The number of pyridine rings is 1. The van der Waals surface area contributed by atoms with Crippen LogP contribution in [0.3, 0.4) is 0 Å². The van der Waals surface area contributed by atoms with Crippen LogP contribution in [0.15, 0.2) is 6.20 Å². The van der Waals surface area contributed by atoms with Crippen LogP contribution in [0, 0.1) is 0 Å². The van der Waals surface area contributed by atoms with Gasteiger partial charge in [-0.25, -0.2) is 19.9 Å². The molecule has 11 nitrogen and oxygen atoms in total. The van der Waals surface area contributed by atoms with Gasteiger partial charge in [0.1, 0.15) is 22.7 Å². The minimum atomic E-state index is -0.810. The van der Waals surface area contributed by atoms with E-state index in [2.05, 4.69) is 20.0 Å². The van der Waals surface area contributed by atoms with Gasteiger partial charge in [0.2, 0.25) is 5.88 Å². The number of urea groups is 1. The average Bonchev–Trinajstić information content (AvgIpc) is 3.58. The minimum absolute atomic E-state index is 0.0191. The summed E-state index contributed by atoms with van der Waals surface area (Å²) < 4.78 is 24.1. The number of methoxy groups -OCH3 is 1. The lowest BCUT2D eigenvalue weighted by Crippen LogP contribution is -2.45. The summed E-state index contributed by atoms with van der Waals surface area (Å²) in [7, 11) is 3.06. The maximum absolute atomic E-state index is 11.6. The first-order valence-corrected chi connectivity index (χ1v) is 11.8. The van der Waals surface area contributed by atoms with Gasteiger partial charge in [-0.1, -0.05) is 11.6 Å². The number of imide groups is 1. The molecular formula is C22H30ClN5O6. The number of imidazole rings is 1. The number of nitrogens with one attached hydrogen (secondary N) is 2. The highest BCUT2D eigenvalue weighted by atomic mass is 35.5. The number of aryl methyl sites for hydroxylation is 1. The number of ether oxygens (including phenoxy) is 4. The van der Waals surface area contributed by atoms with E-state index in [0.29, 0.717) is 29.0 Å². The molecule has 0 bridgehead atoms. The Kier molecular flexibility index (Phi) is 7.62. The summed E-state index contributed by atoms with van der Waals surface area (Å²) in [5.74, 6) is 0.440. The highest BCUT2D eigenvalue weighted by molar-refractivity contribution is 6.36. The molecule has 4 rings (SSSR count). The molecule has 2 fully saturated rings. The summed E-state index contributed by atoms with van der Waals surface area (Å²) in [6.45, 7) is 2.14. The lowest BCUT2D eigenvalue weighted by molar-refractivity contribution is -0.00558. The second-order valence-electron chi connectivity index (χ2n) is 8.72. The molecule has 34 heavy (non-hydrogen) atoms. The number of alkyl carbamates (subject to hydrolysis) is 1. The van der Waals surface area contributed by atoms with E-state index in [0.717, 1.165) is 44.0 Å². The normalized spacial score (nSPS) is 21.1. The highest BCUT2D eigenvalue weighted by Crippen LogP contribution is 2.36. The molecule has 1 atom stereocenters. The Morgan fingerprint density at radius 1 is 1.15 bits per heavy atom. The third kappa shape index (κ3) is 6.01. The van der Waals surface area contributed by atoms with E-state index in [4.69, 9.17) is 25.8 Å². The fourth-order valence-electron chi connectivity index (χ4n) is 3.85. The number of halogens is 1. The number of nitrogens with zero attached hydrogens (tertiary/aromatic N) is 3. The Labute approximate surface area is 202 Å². The monoisotopic (exact) mass is 495 g/mol. The third-order valence-corrected chi connectivity index (χ3v) is 6.18. The first-order valence-electron chi connectivity index (χ1n) is 11.4. The first-order chi connectivity index (χ1) is 16.3. The van der Waals surface area contributed by atoms with Gasteiger partial charge < -0.3 is 24.3 Å². The second-order valence-corrected chi connectivity index (χ2v) is 9.10. The molecular weight excluding hydrogens is 466 g/mol. The van der Waals surface area contributed by atoms with Gasteiger partial charge >= 0.3 is 12.1 Å². The van der Waals surface area contributed by atoms with Crippen LogP contribution in [0.5, 0.6) is 11.9 Å². The molecule has 2 aromatic heterocycles. The Morgan fingerprint density at radius 3 is 2.47 bits per heavy atom. The van der Waals surface area contributed by atoms with Gasteiger partial charge in [-0.05, 0) is 45.4 Å². The van der Waals surface area contributed by atoms with Crippen LogP contribution in [0.4, 0.5) is 9.59 Å². The summed E-state index contributed by atoms with van der Waals surface area (Å²) in [5, 5.41) is 5.13. The molecule has 0 aliphatic heterocycles. The van der Waals surface area contributed by atoms with Crippen LogP contribution in [0.2, 0.25) is 5.02 Å². The van der Waals surface area contributed by atoms with Gasteiger partial charge in [-0.15, -0.1) is 0 Å². The molecule has 0 unspecified atom stereocenters. The number of aromatic nitrogens is 3. The smallest absolute Gasteiger partial charge is 0.415 e. The van der Waals surface area contributed by atoms with Crippen molar-refractivity contribution in [1.29, 1.82) is 0 Å². The van der Waals surface area contributed by atoms with Gasteiger partial charge in [0.25, 0.3) is 6.01 Å². The van der Waals surface area contributed by atoms with E-state index < -0.39 is 12.1 Å². The molecule has 2 saturated carbocycles. The van der Waals surface area contributed by atoms with Crippen molar-refractivity contribution in [3.05, 3.63) is 11.2 Å². The predicted octanol–water partition coefficient (Wildman–Crippen LogP) is 3.32. The number of hydrogen-bond donors (Lipinski definition) is 2. The predicted molar refractivity (Wildman–Crippen MR) is 123 cm³/mol. The number of hydrogen-bond acceptors (Lipinski definition) is 8. The van der Waals surface area contributed by atoms with E-state index in [-0.39, 0.29) is 24.4 Å². The van der Waals surface area contributed by atoms with Gasteiger partial charge in [-0.3, -0.25) is 4.57 Å². The molecule has 0 spiro atoms. The van der Waals surface area contributed by atoms with Crippen LogP contribution < -0.4 is 20.1 Å². The zero-order valence-electron chi connectivity index (χ0n) is 19.5. The Balaban J connectivity index is 1.25. The maximum atomic E-state index is 11.6. The topological polar surface area (TPSA) is 126 Å². The summed E-state index contributed by atoms with van der Waals surface area (Å²) in [6, 6.07) is -0.379. The lowest BCUT2D eigenvalue weighted by atomic mass is 9.95. The molecule has 2 heterocycles.